The number of rotatable bonds is 1. The monoisotopic (exact) mass is 501 g/mol. The van der Waals surface area contributed by atoms with E-state index in [1.807, 2.05) is 11.3 Å². The largest absolute Gasteiger partial charge is 0.307 e. The summed E-state index contributed by atoms with van der Waals surface area (Å²) in [5.74, 6) is 0. The number of thiophene rings is 1. The lowest BCUT2D eigenvalue weighted by atomic mass is 10.00. The van der Waals surface area contributed by atoms with Gasteiger partial charge in [-0.25, -0.2) is 0 Å². The highest BCUT2D eigenvalue weighted by Gasteiger charge is 2.21. The summed E-state index contributed by atoms with van der Waals surface area (Å²) in [6, 6.07) is 35.6. The molecule has 154 valence electrons. The van der Waals surface area contributed by atoms with E-state index in [1.165, 1.54) is 69.2 Å². The molecule has 6 aromatic carbocycles. The molecule has 8 rings (SSSR count). The van der Waals surface area contributed by atoms with Gasteiger partial charge in [0, 0.05) is 36.1 Å². The van der Waals surface area contributed by atoms with Crippen LogP contribution in [0, 0.1) is 0 Å². The van der Waals surface area contributed by atoms with E-state index < -0.39 is 0 Å². The molecule has 0 fully saturated rings. The molecule has 33 heavy (non-hydrogen) atoms. The molecule has 0 atom stereocenters. The van der Waals surface area contributed by atoms with Crippen molar-refractivity contribution in [2.24, 2.45) is 0 Å². The smallest absolute Gasteiger partial charge is 0.0720 e. The summed E-state index contributed by atoms with van der Waals surface area (Å²) in [6.07, 6.45) is 0. The molecule has 0 spiro atoms. The van der Waals surface area contributed by atoms with Gasteiger partial charge in [0.25, 0.3) is 0 Å². The van der Waals surface area contributed by atoms with Crippen LogP contribution in [0.5, 0.6) is 0 Å². The number of benzene rings is 6. The summed E-state index contributed by atoms with van der Waals surface area (Å²) < 4.78 is 6.31. The van der Waals surface area contributed by atoms with Crippen LogP contribution in [0.25, 0.3) is 69.2 Å². The van der Waals surface area contributed by atoms with Crippen molar-refractivity contribution in [1.29, 1.82) is 0 Å². The summed E-state index contributed by atoms with van der Waals surface area (Å²) in [5, 5.41) is 10.6. The fraction of sp³-hybridized carbons (Fsp3) is 0. The highest BCUT2D eigenvalue weighted by molar-refractivity contribution is 9.10. The minimum atomic E-state index is 1.10. The van der Waals surface area contributed by atoms with Gasteiger partial charge in [0.05, 0.1) is 21.4 Å². The first-order chi connectivity index (χ1) is 16.3. The maximum absolute atomic E-state index is 3.74. The molecule has 0 aliphatic heterocycles. The van der Waals surface area contributed by atoms with E-state index >= 15 is 0 Å². The van der Waals surface area contributed by atoms with Crippen molar-refractivity contribution in [3.8, 4) is 5.69 Å². The van der Waals surface area contributed by atoms with Crippen LogP contribution in [0.15, 0.2) is 102 Å². The predicted molar refractivity (Wildman–Crippen MR) is 148 cm³/mol. The maximum atomic E-state index is 3.74. The second-order valence-corrected chi connectivity index (χ2v) is 10.7. The molecule has 0 bridgehead atoms. The summed E-state index contributed by atoms with van der Waals surface area (Å²) >= 11 is 5.66. The van der Waals surface area contributed by atoms with Crippen LogP contribution in [0.4, 0.5) is 0 Å². The number of nitrogens with zero attached hydrogens (tertiary/aromatic N) is 1. The highest BCUT2D eigenvalue weighted by atomic mass is 79.9. The topological polar surface area (TPSA) is 4.93 Å². The lowest BCUT2D eigenvalue weighted by molar-refractivity contribution is 1.20. The SMILES string of the molecule is Brc1ccc2c3cc4ccc5cccc6sc(c4c56)c3n(-c3cccc4ccccc34)c2c1. The molecule has 2 aromatic heterocycles. The number of hydrogen-bond acceptors (Lipinski definition) is 1. The molecule has 1 nitrogen and oxygen atoms in total. The first-order valence-electron chi connectivity index (χ1n) is 11.1. The number of fused-ring (bicyclic) bond motifs is 5. The Bertz CT molecular complexity index is 2040. The summed E-state index contributed by atoms with van der Waals surface area (Å²) in [7, 11) is 0. The Hall–Kier alpha value is -3.40. The van der Waals surface area contributed by atoms with Crippen molar-refractivity contribution >= 4 is 90.8 Å². The molecular weight excluding hydrogens is 486 g/mol. The van der Waals surface area contributed by atoms with Crippen LogP contribution in [0.1, 0.15) is 0 Å². The predicted octanol–water partition coefficient (Wildman–Crippen LogP) is 9.66. The van der Waals surface area contributed by atoms with E-state index in [0.29, 0.717) is 0 Å². The molecule has 0 aliphatic rings. The number of aromatic nitrogens is 1. The van der Waals surface area contributed by atoms with Gasteiger partial charge in [0.1, 0.15) is 0 Å². The number of halogens is 1. The lowest BCUT2D eigenvalue weighted by Gasteiger charge is -2.12. The standard InChI is InChI=1S/C30H16BrNS/c31-20-13-14-22-23-15-19-12-11-18-7-4-10-26-27(18)28(19)30(33-26)29(23)32(25(22)16-20)24-9-3-6-17-5-1-2-8-21(17)24/h1-16H. The minimum Gasteiger partial charge on any atom is -0.307 e. The molecule has 0 amide bonds. The molecule has 2 heterocycles. The average Bonchev–Trinajstić information content (AvgIpc) is 3.39. The quantitative estimate of drug-likeness (QED) is 0.197. The molecule has 3 heteroatoms. The van der Waals surface area contributed by atoms with Crippen LogP contribution >= 0.6 is 27.3 Å². The van der Waals surface area contributed by atoms with Crippen molar-refractivity contribution in [3.05, 3.63) is 102 Å². The van der Waals surface area contributed by atoms with Gasteiger partial charge in [-0.2, -0.15) is 0 Å². The van der Waals surface area contributed by atoms with Crippen molar-refractivity contribution in [2.45, 2.75) is 0 Å². The third-order valence-corrected chi connectivity index (χ3v) is 8.63. The average molecular weight is 502 g/mol. The van der Waals surface area contributed by atoms with E-state index in [0.717, 1.165) is 4.47 Å². The third-order valence-electron chi connectivity index (χ3n) is 6.97. The Labute approximate surface area is 201 Å². The summed E-state index contributed by atoms with van der Waals surface area (Å²) in [6.45, 7) is 0. The zero-order chi connectivity index (χ0) is 21.7. The third kappa shape index (κ3) is 2.31. The van der Waals surface area contributed by atoms with Crippen LogP contribution in [0.3, 0.4) is 0 Å². The minimum absolute atomic E-state index is 1.10. The van der Waals surface area contributed by atoms with Gasteiger partial charge in [-0.15, -0.1) is 11.3 Å². The summed E-state index contributed by atoms with van der Waals surface area (Å²) in [4.78, 5) is 0. The molecule has 0 unspecified atom stereocenters. The van der Waals surface area contributed by atoms with Gasteiger partial charge < -0.3 is 4.57 Å². The highest BCUT2D eigenvalue weighted by Crippen LogP contribution is 2.47. The van der Waals surface area contributed by atoms with Gasteiger partial charge in [-0.1, -0.05) is 82.7 Å². The zero-order valence-electron chi connectivity index (χ0n) is 17.5. The molecule has 0 saturated heterocycles. The van der Waals surface area contributed by atoms with E-state index in [1.54, 1.807) is 0 Å². The van der Waals surface area contributed by atoms with Gasteiger partial charge in [-0.3, -0.25) is 0 Å². The molecule has 0 aliphatic carbocycles. The van der Waals surface area contributed by atoms with Crippen LogP contribution in [0.2, 0.25) is 0 Å². The van der Waals surface area contributed by atoms with Crippen molar-refractivity contribution < 1.29 is 0 Å². The van der Waals surface area contributed by atoms with Crippen molar-refractivity contribution in [2.75, 3.05) is 0 Å². The van der Waals surface area contributed by atoms with Crippen molar-refractivity contribution in [3.63, 3.8) is 0 Å². The van der Waals surface area contributed by atoms with Crippen LogP contribution in [-0.2, 0) is 0 Å². The first-order valence-corrected chi connectivity index (χ1v) is 12.7. The lowest BCUT2D eigenvalue weighted by Crippen LogP contribution is -1.95. The maximum Gasteiger partial charge on any atom is 0.0720 e. The number of hydrogen-bond donors (Lipinski definition) is 0. The van der Waals surface area contributed by atoms with Crippen molar-refractivity contribution in [1.82, 2.24) is 4.57 Å². The van der Waals surface area contributed by atoms with Gasteiger partial charge in [0.2, 0.25) is 0 Å². The Morgan fingerprint density at radius 1 is 0.606 bits per heavy atom. The molecule has 0 saturated carbocycles. The first kappa shape index (κ1) is 18.1. The molecule has 8 aromatic rings. The normalized spacial score (nSPS) is 12.4. The van der Waals surface area contributed by atoms with E-state index in [9.17, 15) is 0 Å². The van der Waals surface area contributed by atoms with Crippen LogP contribution in [-0.4, -0.2) is 4.57 Å². The summed E-state index contributed by atoms with van der Waals surface area (Å²) in [5.41, 5.74) is 3.77. The van der Waals surface area contributed by atoms with E-state index in [4.69, 9.17) is 0 Å². The van der Waals surface area contributed by atoms with Gasteiger partial charge >= 0.3 is 0 Å². The Balaban J connectivity index is 1.70. The van der Waals surface area contributed by atoms with E-state index in [2.05, 4.69) is 118 Å². The van der Waals surface area contributed by atoms with E-state index in [-0.39, 0.29) is 0 Å². The molecule has 0 radical (unpaired) electrons. The van der Waals surface area contributed by atoms with Gasteiger partial charge in [0.15, 0.2) is 0 Å². The van der Waals surface area contributed by atoms with Crippen LogP contribution < -0.4 is 0 Å². The fourth-order valence-corrected chi connectivity index (χ4v) is 7.26. The Morgan fingerprint density at radius 3 is 2.39 bits per heavy atom. The fourth-order valence-electron chi connectivity index (χ4n) is 5.60. The second kappa shape index (κ2) is 6.34. The zero-order valence-corrected chi connectivity index (χ0v) is 19.9. The van der Waals surface area contributed by atoms with Gasteiger partial charge in [-0.05, 0) is 46.5 Å². The molecule has 0 N–H and O–H groups in total. The Kier molecular flexibility index (Phi) is 3.47. The Morgan fingerprint density at radius 2 is 1.42 bits per heavy atom. The second-order valence-electron chi connectivity index (χ2n) is 8.72. The molecular formula is C30H16BrNS.